The number of carboxylic acid groups (broad SMARTS) is 1. The summed E-state index contributed by atoms with van der Waals surface area (Å²) in [5, 5.41) is 25.5. The Balaban J connectivity index is 2.95. The Hall–Kier alpha value is -2.16. The van der Waals surface area contributed by atoms with E-state index in [2.05, 4.69) is 10.6 Å². The molecule has 0 aliphatic rings. The number of amides is 1. The number of aliphatic hydroxyl groups is 1. The topological polar surface area (TPSA) is 117 Å². The Bertz CT molecular complexity index is 588. The van der Waals surface area contributed by atoms with E-state index in [1.807, 2.05) is 30.3 Å². The minimum atomic E-state index is -1.38. The molecular formula is C19H30N2O6. The Kier molecular flexibility index (Phi) is 9.20. The van der Waals surface area contributed by atoms with Crippen LogP contribution in [0.4, 0.5) is 4.79 Å². The molecule has 0 fully saturated rings. The highest BCUT2D eigenvalue weighted by Gasteiger charge is 2.34. The fraction of sp³-hybridized carbons (Fsp3) is 0.579. The van der Waals surface area contributed by atoms with Gasteiger partial charge in [0.2, 0.25) is 0 Å². The van der Waals surface area contributed by atoms with Crippen LogP contribution in [0.1, 0.15) is 26.3 Å². The van der Waals surface area contributed by atoms with Gasteiger partial charge in [-0.1, -0.05) is 30.3 Å². The summed E-state index contributed by atoms with van der Waals surface area (Å²) in [6.07, 6.45) is -1.85. The Morgan fingerprint density at radius 3 is 2.33 bits per heavy atom. The van der Waals surface area contributed by atoms with Crippen molar-refractivity contribution in [3.8, 4) is 0 Å². The van der Waals surface area contributed by atoms with E-state index in [1.54, 1.807) is 20.8 Å². The number of carbonyl (C=O) groups is 2. The summed E-state index contributed by atoms with van der Waals surface area (Å²) in [6, 6.07) is 7.05. The number of nitrogens with one attached hydrogen (secondary N) is 2. The monoisotopic (exact) mass is 382 g/mol. The van der Waals surface area contributed by atoms with Crippen molar-refractivity contribution in [1.29, 1.82) is 0 Å². The average molecular weight is 382 g/mol. The van der Waals surface area contributed by atoms with Gasteiger partial charge in [-0.3, -0.25) is 10.1 Å². The lowest BCUT2D eigenvalue weighted by atomic mass is 9.96. The van der Waals surface area contributed by atoms with Crippen molar-refractivity contribution in [2.75, 3.05) is 20.3 Å². The molecule has 0 saturated heterocycles. The van der Waals surface area contributed by atoms with E-state index in [1.165, 1.54) is 7.11 Å². The highest BCUT2D eigenvalue weighted by molar-refractivity contribution is 5.75. The van der Waals surface area contributed by atoms with Gasteiger partial charge in [0.1, 0.15) is 17.7 Å². The third kappa shape index (κ3) is 8.85. The molecule has 0 spiro atoms. The van der Waals surface area contributed by atoms with Gasteiger partial charge >= 0.3 is 12.1 Å². The van der Waals surface area contributed by atoms with E-state index in [0.717, 1.165) is 5.56 Å². The molecular weight excluding hydrogens is 352 g/mol. The molecule has 3 atom stereocenters. The second kappa shape index (κ2) is 10.9. The van der Waals surface area contributed by atoms with Crippen LogP contribution in [0.2, 0.25) is 0 Å². The van der Waals surface area contributed by atoms with Gasteiger partial charge in [0.05, 0.1) is 12.6 Å². The van der Waals surface area contributed by atoms with Crippen molar-refractivity contribution < 1.29 is 29.3 Å². The number of carbonyl (C=O) groups excluding carboxylic acids is 1. The highest BCUT2D eigenvalue weighted by atomic mass is 16.6. The number of methoxy groups -OCH3 is 1. The van der Waals surface area contributed by atoms with E-state index in [4.69, 9.17) is 9.47 Å². The van der Waals surface area contributed by atoms with E-state index >= 15 is 0 Å². The summed E-state index contributed by atoms with van der Waals surface area (Å²) in [5.41, 5.74) is 0.133. The largest absolute Gasteiger partial charge is 0.480 e. The van der Waals surface area contributed by atoms with Crippen molar-refractivity contribution in [3.05, 3.63) is 35.9 Å². The molecule has 0 aromatic heterocycles. The Labute approximate surface area is 159 Å². The standard InChI is InChI=1S/C19H30N2O6/c1-19(2,3)27-18(25)21-14(12-13-8-6-5-7-9-13)16(22)15(17(23)24)20-10-11-26-4/h5-9,14-16,20,22H,10-12H2,1-4H3,(H,21,25)(H,23,24)/t14-,15+,16+/m0/s1. The normalized spacial score (nSPS) is 14.9. The van der Waals surface area contributed by atoms with Gasteiger partial charge in [-0.15, -0.1) is 0 Å². The predicted molar refractivity (Wildman–Crippen MR) is 101 cm³/mol. The zero-order valence-corrected chi connectivity index (χ0v) is 16.3. The minimum absolute atomic E-state index is 0.245. The van der Waals surface area contributed by atoms with Gasteiger partial charge < -0.3 is 25.0 Å². The number of hydrogen-bond acceptors (Lipinski definition) is 6. The summed E-state index contributed by atoms with van der Waals surface area (Å²) in [5.74, 6) is -1.22. The molecule has 1 amide bonds. The van der Waals surface area contributed by atoms with E-state index in [0.29, 0.717) is 6.61 Å². The van der Waals surface area contributed by atoms with Gasteiger partial charge in [0.25, 0.3) is 0 Å². The first kappa shape index (κ1) is 22.9. The zero-order valence-electron chi connectivity index (χ0n) is 16.3. The lowest BCUT2D eigenvalue weighted by Crippen LogP contribution is -2.57. The van der Waals surface area contributed by atoms with E-state index in [-0.39, 0.29) is 13.0 Å². The third-order valence-electron chi connectivity index (χ3n) is 3.69. The molecule has 1 aromatic rings. The van der Waals surface area contributed by atoms with Crippen molar-refractivity contribution >= 4 is 12.1 Å². The van der Waals surface area contributed by atoms with Crippen molar-refractivity contribution in [1.82, 2.24) is 10.6 Å². The number of hydrogen-bond donors (Lipinski definition) is 4. The maximum atomic E-state index is 12.2. The molecule has 1 rings (SSSR count). The second-order valence-electron chi connectivity index (χ2n) is 7.20. The molecule has 27 heavy (non-hydrogen) atoms. The Morgan fingerprint density at radius 2 is 1.81 bits per heavy atom. The number of aliphatic carboxylic acids is 1. The number of aliphatic hydroxyl groups excluding tert-OH is 1. The SMILES string of the molecule is COCCN[C@@H](C(=O)O)[C@H](O)[C@H](Cc1ccccc1)NC(=O)OC(C)(C)C. The first-order chi connectivity index (χ1) is 12.6. The van der Waals surface area contributed by atoms with Crippen LogP contribution in [0.5, 0.6) is 0 Å². The number of rotatable bonds is 10. The van der Waals surface area contributed by atoms with Crippen LogP contribution in [-0.4, -0.2) is 66.3 Å². The maximum Gasteiger partial charge on any atom is 0.407 e. The van der Waals surface area contributed by atoms with Gasteiger partial charge in [-0.05, 0) is 32.8 Å². The number of alkyl carbamates (subject to hydrolysis) is 1. The molecule has 0 aliphatic heterocycles. The van der Waals surface area contributed by atoms with Gasteiger partial charge in [0, 0.05) is 13.7 Å². The van der Waals surface area contributed by atoms with Gasteiger partial charge in [0.15, 0.2) is 0 Å². The van der Waals surface area contributed by atoms with Crippen LogP contribution >= 0.6 is 0 Å². The van der Waals surface area contributed by atoms with Crippen LogP contribution in [0.3, 0.4) is 0 Å². The molecule has 0 radical (unpaired) electrons. The van der Waals surface area contributed by atoms with Crippen LogP contribution in [0.25, 0.3) is 0 Å². The highest BCUT2D eigenvalue weighted by Crippen LogP contribution is 2.12. The zero-order chi connectivity index (χ0) is 20.4. The summed E-state index contributed by atoms with van der Waals surface area (Å²) in [7, 11) is 1.50. The molecule has 152 valence electrons. The number of benzene rings is 1. The fourth-order valence-corrected chi connectivity index (χ4v) is 2.49. The van der Waals surface area contributed by atoms with E-state index < -0.39 is 35.9 Å². The lowest BCUT2D eigenvalue weighted by Gasteiger charge is -2.30. The maximum absolute atomic E-state index is 12.2. The molecule has 0 aliphatic carbocycles. The quantitative estimate of drug-likeness (QED) is 0.449. The molecule has 0 saturated carbocycles. The second-order valence-corrected chi connectivity index (χ2v) is 7.20. The smallest absolute Gasteiger partial charge is 0.407 e. The van der Waals surface area contributed by atoms with Crippen molar-refractivity contribution in [3.63, 3.8) is 0 Å². The lowest BCUT2D eigenvalue weighted by molar-refractivity contribution is -0.143. The molecule has 0 unspecified atom stereocenters. The van der Waals surface area contributed by atoms with Gasteiger partial charge in [-0.25, -0.2) is 4.79 Å². The van der Waals surface area contributed by atoms with Crippen molar-refractivity contribution in [2.24, 2.45) is 0 Å². The molecule has 4 N–H and O–H groups in total. The molecule has 0 bridgehead atoms. The van der Waals surface area contributed by atoms with Crippen LogP contribution < -0.4 is 10.6 Å². The number of carboxylic acids is 1. The summed E-state index contributed by atoms with van der Waals surface area (Å²) in [4.78, 5) is 23.8. The molecule has 0 heterocycles. The first-order valence-electron chi connectivity index (χ1n) is 8.80. The fourth-order valence-electron chi connectivity index (χ4n) is 2.49. The van der Waals surface area contributed by atoms with E-state index in [9.17, 15) is 19.8 Å². The van der Waals surface area contributed by atoms with Crippen LogP contribution in [-0.2, 0) is 20.7 Å². The molecule has 1 aromatic carbocycles. The Morgan fingerprint density at radius 1 is 1.19 bits per heavy atom. The van der Waals surface area contributed by atoms with Crippen LogP contribution in [0, 0.1) is 0 Å². The number of ether oxygens (including phenoxy) is 2. The molecule has 8 heteroatoms. The predicted octanol–water partition coefficient (Wildman–Crippen LogP) is 1.17. The van der Waals surface area contributed by atoms with Crippen LogP contribution in [0.15, 0.2) is 30.3 Å². The minimum Gasteiger partial charge on any atom is -0.480 e. The third-order valence-corrected chi connectivity index (χ3v) is 3.69. The average Bonchev–Trinajstić information content (AvgIpc) is 2.56. The van der Waals surface area contributed by atoms with Gasteiger partial charge in [-0.2, -0.15) is 0 Å². The first-order valence-corrected chi connectivity index (χ1v) is 8.80. The summed E-state index contributed by atoms with van der Waals surface area (Å²) < 4.78 is 10.1. The molecule has 8 nitrogen and oxygen atoms in total. The van der Waals surface area contributed by atoms with Crippen molar-refractivity contribution in [2.45, 2.75) is 51.0 Å². The summed E-state index contributed by atoms with van der Waals surface area (Å²) >= 11 is 0. The summed E-state index contributed by atoms with van der Waals surface area (Å²) in [6.45, 7) is 5.71.